The zero-order valence-electron chi connectivity index (χ0n) is 21.7. The van der Waals surface area contributed by atoms with E-state index in [9.17, 15) is 25.5 Å². The minimum Gasteiger partial charge on any atom is -0.504 e. The standard InChI is InChI=1S/C36H24O5/c37-32-31(33(38)35(40)36(41)34(32)39)30-26-15-7-6-14-25(26)29(21-10-2-1-3-11-21)27-18-17-22(19-28(27)30)24-16-8-12-20-9-4-5-13-23(20)24/h1-19,37-41H. The highest BCUT2D eigenvalue weighted by molar-refractivity contribution is 6.23. The third-order valence-electron chi connectivity index (χ3n) is 7.81. The Labute approximate surface area is 235 Å². The van der Waals surface area contributed by atoms with Gasteiger partial charge in [0.05, 0.1) is 5.56 Å². The van der Waals surface area contributed by atoms with Gasteiger partial charge in [0.2, 0.25) is 17.2 Å². The molecule has 0 spiro atoms. The molecular formula is C36H24O5. The van der Waals surface area contributed by atoms with Crippen molar-refractivity contribution in [3.05, 3.63) is 115 Å². The molecule has 5 nitrogen and oxygen atoms in total. The van der Waals surface area contributed by atoms with Crippen LogP contribution < -0.4 is 0 Å². The van der Waals surface area contributed by atoms with E-state index in [1.807, 2.05) is 84.9 Å². The highest BCUT2D eigenvalue weighted by atomic mass is 16.4. The largest absolute Gasteiger partial charge is 0.504 e. The van der Waals surface area contributed by atoms with E-state index in [0.717, 1.165) is 43.8 Å². The zero-order valence-corrected chi connectivity index (χ0v) is 21.7. The molecule has 41 heavy (non-hydrogen) atoms. The van der Waals surface area contributed by atoms with Gasteiger partial charge in [0.1, 0.15) is 0 Å². The zero-order chi connectivity index (χ0) is 28.2. The van der Waals surface area contributed by atoms with Gasteiger partial charge in [-0.05, 0) is 60.6 Å². The first-order valence-electron chi connectivity index (χ1n) is 13.2. The van der Waals surface area contributed by atoms with Crippen LogP contribution in [-0.2, 0) is 0 Å². The maximum atomic E-state index is 11.1. The maximum Gasteiger partial charge on any atom is 0.208 e. The van der Waals surface area contributed by atoms with Crippen molar-refractivity contribution in [2.24, 2.45) is 0 Å². The van der Waals surface area contributed by atoms with Gasteiger partial charge >= 0.3 is 0 Å². The molecule has 0 aliphatic heterocycles. The highest BCUT2D eigenvalue weighted by Gasteiger charge is 2.28. The topological polar surface area (TPSA) is 101 Å². The molecule has 5 heteroatoms. The van der Waals surface area contributed by atoms with Crippen LogP contribution in [0.5, 0.6) is 28.7 Å². The van der Waals surface area contributed by atoms with Gasteiger partial charge in [-0.15, -0.1) is 0 Å². The third-order valence-corrected chi connectivity index (χ3v) is 7.81. The fourth-order valence-corrected chi connectivity index (χ4v) is 5.93. The molecule has 0 aliphatic carbocycles. The van der Waals surface area contributed by atoms with Gasteiger partial charge in [-0.2, -0.15) is 0 Å². The summed E-state index contributed by atoms with van der Waals surface area (Å²) in [5.74, 6) is -4.27. The molecule has 198 valence electrons. The number of aromatic hydroxyl groups is 5. The average molecular weight is 537 g/mol. The fourth-order valence-electron chi connectivity index (χ4n) is 5.93. The Morgan fingerprint density at radius 1 is 0.317 bits per heavy atom. The van der Waals surface area contributed by atoms with Crippen LogP contribution in [0.1, 0.15) is 0 Å². The second-order valence-corrected chi connectivity index (χ2v) is 10.1. The molecule has 7 aromatic rings. The third kappa shape index (κ3) is 3.63. The Bertz CT molecular complexity index is 2110. The fraction of sp³-hybridized carbons (Fsp3) is 0. The number of fused-ring (bicyclic) bond motifs is 3. The average Bonchev–Trinajstić information content (AvgIpc) is 3.02. The van der Waals surface area contributed by atoms with Crippen LogP contribution in [0.2, 0.25) is 0 Å². The summed E-state index contributed by atoms with van der Waals surface area (Å²) >= 11 is 0. The molecule has 0 amide bonds. The van der Waals surface area contributed by atoms with Crippen molar-refractivity contribution < 1.29 is 25.5 Å². The quantitative estimate of drug-likeness (QED) is 0.0884. The van der Waals surface area contributed by atoms with Crippen LogP contribution in [0.4, 0.5) is 0 Å². The van der Waals surface area contributed by atoms with E-state index in [4.69, 9.17) is 0 Å². The molecule has 0 heterocycles. The Balaban J connectivity index is 1.69. The number of phenols is 5. The number of hydrogen-bond acceptors (Lipinski definition) is 5. The summed E-state index contributed by atoms with van der Waals surface area (Å²) in [5.41, 5.74) is 4.12. The minimum absolute atomic E-state index is 0.173. The van der Waals surface area contributed by atoms with E-state index in [1.165, 1.54) is 0 Å². The van der Waals surface area contributed by atoms with Crippen molar-refractivity contribution in [3.8, 4) is 62.1 Å². The molecule has 7 rings (SSSR count). The second-order valence-electron chi connectivity index (χ2n) is 10.1. The summed E-state index contributed by atoms with van der Waals surface area (Å²) in [5, 5.41) is 58.6. The lowest BCUT2D eigenvalue weighted by Gasteiger charge is -2.21. The Hall–Kier alpha value is -5.68. The maximum absolute atomic E-state index is 11.1. The first-order chi connectivity index (χ1) is 20.0. The van der Waals surface area contributed by atoms with Crippen molar-refractivity contribution in [3.63, 3.8) is 0 Å². The van der Waals surface area contributed by atoms with Crippen molar-refractivity contribution in [2.75, 3.05) is 0 Å². The van der Waals surface area contributed by atoms with Gasteiger partial charge in [-0.25, -0.2) is 0 Å². The Morgan fingerprint density at radius 2 is 0.854 bits per heavy atom. The van der Waals surface area contributed by atoms with E-state index in [0.29, 0.717) is 16.3 Å². The minimum atomic E-state index is -0.991. The summed E-state index contributed by atoms with van der Waals surface area (Å²) < 4.78 is 0. The summed E-state index contributed by atoms with van der Waals surface area (Å²) in [7, 11) is 0. The molecular weight excluding hydrogens is 512 g/mol. The van der Waals surface area contributed by atoms with Gasteiger partial charge in [0, 0.05) is 5.56 Å². The molecule has 0 radical (unpaired) electrons. The van der Waals surface area contributed by atoms with Gasteiger partial charge < -0.3 is 25.5 Å². The van der Waals surface area contributed by atoms with Crippen LogP contribution in [0.15, 0.2) is 115 Å². The van der Waals surface area contributed by atoms with E-state index in [2.05, 4.69) is 30.3 Å². The SMILES string of the molecule is Oc1c(O)c(O)c(-c2c3ccccc3c(-c3ccccc3)c3ccc(-c4cccc5ccccc45)cc23)c(O)c1O. The summed E-state index contributed by atoms with van der Waals surface area (Å²) in [6.45, 7) is 0. The summed E-state index contributed by atoms with van der Waals surface area (Å²) in [6, 6.07) is 37.9. The smallest absolute Gasteiger partial charge is 0.208 e. The van der Waals surface area contributed by atoms with Crippen molar-refractivity contribution in [2.45, 2.75) is 0 Å². The van der Waals surface area contributed by atoms with Gasteiger partial charge in [-0.1, -0.05) is 109 Å². The predicted molar refractivity (Wildman–Crippen MR) is 164 cm³/mol. The second kappa shape index (κ2) is 9.21. The number of rotatable bonds is 3. The first-order valence-corrected chi connectivity index (χ1v) is 13.2. The molecule has 0 saturated heterocycles. The molecule has 0 aliphatic rings. The van der Waals surface area contributed by atoms with E-state index >= 15 is 0 Å². The monoisotopic (exact) mass is 536 g/mol. The Morgan fingerprint density at radius 3 is 1.56 bits per heavy atom. The van der Waals surface area contributed by atoms with Crippen molar-refractivity contribution in [1.82, 2.24) is 0 Å². The van der Waals surface area contributed by atoms with E-state index in [1.54, 1.807) is 0 Å². The number of hydrogen-bond donors (Lipinski definition) is 5. The normalized spacial score (nSPS) is 11.4. The lowest BCUT2D eigenvalue weighted by molar-refractivity contribution is 0.330. The molecule has 0 saturated carbocycles. The van der Waals surface area contributed by atoms with Gasteiger partial charge in [0.25, 0.3) is 0 Å². The predicted octanol–water partition coefficient (Wildman–Crippen LogP) is 8.68. The lowest BCUT2D eigenvalue weighted by Crippen LogP contribution is -1.93. The van der Waals surface area contributed by atoms with Crippen molar-refractivity contribution >= 4 is 32.3 Å². The number of phenolic OH excluding ortho intramolecular Hbond substituents is 5. The molecule has 0 atom stereocenters. The molecule has 0 aromatic heterocycles. The summed E-state index contributed by atoms with van der Waals surface area (Å²) in [6.07, 6.45) is 0. The van der Waals surface area contributed by atoms with Gasteiger partial charge in [-0.3, -0.25) is 0 Å². The van der Waals surface area contributed by atoms with Crippen molar-refractivity contribution in [1.29, 1.82) is 0 Å². The van der Waals surface area contributed by atoms with Gasteiger partial charge in [0.15, 0.2) is 11.5 Å². The first kappa shape index (κ1) is 24.4. The van der Waals surface area contributed by atoms with Crippen LogP contribution >= 0.6 is 0 Å². The van der Waals surface area contributed by atoms with Crippen LogP contribution in [-0.4, -0.2) is 25.5 Å². The van der Waals surface area contributed by atoms with E-state index in [-0.39, 0.29) is 5.56 Å². The van der Waals surface area contributed by atoms with Crippen LogP contribution in [0.3, 0.4) is 0 Å². The van der Waals surface area contributed by atoms with E-state index < -0.39 is 28.7 Å². The summed E-state index contributed by atoms with van der Waals surface area (Å²) in [4.78, 5) is 0. The molecule has 0 bridgehead atoms. The molecule has 7 aromatic carbocycles. The Kier molecular flexibility index (Phi) is 5.47. The van der Waals surface area contributed by atoms with Crippen LogP contribution in [0.25, 0.3) is 65.7 Å². The highest BCUT2D eigenvalue weighted by Crippen LogP contribution is 2.58. The molecule has 0 unspecified atom stereocenters. The van der Waals surface area contributed by atoms with Crippen LogP contribution in [0, 0.1) is 0 Å². The number of benzene rings is 7. The lowest BCUT2D eigenvalue weighted by atomic mass is 9.84. The molecule has 0 fully saturated rings. The molecule has 5 N–H and O–H groups in total.